The van der Waals surface area contributed by atoms with E-state index in [9.17, 15) is 4.79 Å². The molecule has 2 rings (SSSR count). The Hall–Kier alpha value is -1.69. The molecule has 1 aromatic rings. The molecule has 0 atom stereocenters. The van der Waals surface area contributed by atoms with E-state index in [1.165, 1.54) is 13.3 Å². The molecule has 2 heterocycles. The van der Waals surface area contributed by atoms with E-state index in [1.807, 2.05) is 7.05 Å². The van der Waals surface area contributed by atoms with Gasteiger partial charge in [0.1, 0.15) is 5.82 Å². The Labute approximate surface area is 113 Å². The fraction of sp³-hybridized carbons (Fsp3) is 0.615. The molecule has 0 aromatic carbocycles. The second kappa shape index (κ2) is 5.52. The average Bonchev–Trinajstić information content (AvgIpc) is 2.47. The van der Waals surface area contributed by atoms with E-state index in [4.69, 9.17) is 0 Å². The van der Waals surface area contributed by atoms with Crippen LogP contribution in [0.3, 0.4) is 0 Å². The highest BCUT2D eigenvalue weighted by Crippen LogP contribution is 2.24. The zero-order valence-corrected chi connectivity index (χ0v) is 11.6. The van der Waals surface area contributed by atoms with Gasteiger partial charge < -0.3 is 15.0 Å². The zero-order chi connectivity index (χ0) is 13.9. The molecule has 1 aromatic heterocycles. The predicted molar refractivity (Wildman–Crippen MR) is 72.3 cm³/mol. The molecular formula is C13H20N4O2. The maximum absolute atomic E-state index is 11.4. The predicted octanol–water partition coefficient (Wildman–Crippen LogP) is 0.841. The van der Waals surface area contributed by atoms with Gasteiger partial charge in [0.25, 0.3) is 0 Å². The Morgan fingerprint density at radius 1 is 1.42 bits per heavy atom. The second-order valence-electron chi connectivity index (χ2n) is 5.05. The van der Waals surface area contributed by atoms with Crippen LogP contribution in [-0.2, 0) is 4.74 Å². The third-order valence-corrected chi connectivity index (χ3v) is 3.81. The number of methoxy groups -OCH3 is 1. The molecule has 0 aliphatic carbocycles. The Morgan fingerprint density at radius 2 is 2.11 bits per heavy atom. The van der Waals surface area contributed by atoms with Gasteiger partial charge in [-0.1, -0.05) is 0 Å². The summed E-state index contributed by atoms with van der Waals surface area (Å²) in [5.74, 6) is 0.285. The number of ether oxygens (including phenoxy) is 1. The van der Waals surface area contributed by atoms with Crippen LogP contribution in [0, 0.1) is 0 Å². The minimum atomic E-state index is -0.452. The molecule has 1 saturated heterocycles. The monoisotopic (exact) mass is 264 g/mol. The van der Waals surface area contributed by atoms with Gasteiger partial charge in [-0.05, 0) is 26.8 Å². The number of nitrogens with zero attached hydrogens (tertiary/aromatic N) is 3. The smallest absolute Gasteiger partial charge is 0.358 e. The van der Waals surface area contributed by atoms with Crippen molar-refractivity contribution in [3.8, 4) is 0 Å². The van der Waals surface area contributed by atoms with E-state index in [1.54, 1.807) is 6.20 Å². The van der Waals surface area contributed by atoms with Crippen molar-refractivity contribution >= 4 is 11.8 Å². The average molecular weight is 264 g/mol. The second-order valence-corrected chi connectivity index (χ2v) is 5.05. The largest absolute Gasteiger partial charge is 0.464 e. The van der Waals surface area contributed by atoms with Crippen molar-refractivity contribution in [1.29, 1.82) is 0 Å². The maximum atomic E-state index is 11.4. The summed E-state index contributed by atoms with van der Waals surface area (Å²) in [6.45, 7) is 4.02. The summed E-state index contributed by atoms with van der Waals surface area (Å²) in [5, 5.41) is 3.35. The van der Waals surface area contributed by atoms with Crippen LogP contribution >= 0.6 is 0 Å². The van der Waals surface area contributed by atoms with Gasteiger partial charge in [0.15, 0.2) is 5.69 Å². The van der Waals surface area contributed by atoms with Crippen molar-refractivity contribution in [2.45, 2.75) is 25.3 Å². The summed E-state index contributed by atoms with van der Waals surface area (Å²) in [6.07, 6.45) is 5.19. The molecule has 0 amide bonds. The van der Waals surface area contributed by atoms with Gasteiger partial charge in [-0.2, -0.15) is 0 Å². The quantitative estimate of drug-likeness (QED) is 0.816. The van der Waals surface area contributed by atoms with Crippen molar-refractivity contribution in [1.82, 2.24) is 15.3 Å². The minimum Gasteiger partial charge on any atom is -0.464 e. The van der Waals surface area contributed by atoms with E-state index in [0.29, 0.717) is 0 Å². The van der Waals surface area contributed by atoms with Gasteiger partial charge in [-0.15, -0.1) is 0 Å². The number of nitrogens with one attached hydrogen (secondary N) is 1. The molecule has 0 radical (unpaired) electrons. The number of hydrogen-bond donors (Lipinski definition) is 1. The summed E-state index contributed by atoms with van der Waals surface area (Å²) < 4.78 is 4.66. The van der Waals surface area contributed by atoms with Crippen molar-refractivity contribution < 1.29 is 9.53 Å². The molecular weight excluding hydrogens is 244 g/mol. The van der Waals surface area contributed by atoms with E-state index >= 15 is 0 Å². The molecule has 6 nitrogen and oxygen atoms in total. The summed E-state index contributed by atoms with van der Waals surface area (Å²) in [4.78, 5) is 22.0. The van der Waals surface area contributed by atoms with Gasteiger partial charge in [0.2, 0.25) is 0 Å². The van der Waals surface area contributed by atoms with Crippen molar-refractivity contribution in [2.75, 3.05) is 32.1 Å². The number of anilines is 1. The van der Waals surface area contributed by atoms with Crippen LogP contribution in [0.15, 0.2) is 12.4 Å². The molecule has 0 saturated carbocycles. The van der Waals surface area contributed by atoms with Crippen molar-refractivity contribution in [3.63, 3.8) is 0 Å². The van der Waals surface area contributed by atoms with E-state index in [0.717, 1.165) is 31.7 Å². The van der Waals surface area contributed by atoms with E-state index < -0.39 is 5.97 Å². The van der Waals surface area contributed by atoms with Gasteiger partial charge in [-0.25, -0.2) is 9.78 Å². The molecule has 1 aliphatic rings. The molecule has 19 heavy (non-hydrogen) atoms. The topological polar surface area (TPSA) is 67.4 Å². The van der Waals surface area contributed by atoms with Crippen molar-refractivity contribution in [2.24, 2.45) is 0 Å². The van der Waals surface area contributed by atoms with Gasteiger partial charge in [0.05, 0.1) is 19.5 Å². The number of carbonyl (C=O) groups excluding carboxylic acids is 1. The van der Waals surface area contributed by atoms with Crippen LogP contribution in [0.1, 0.15) is 30.3 Å². The zero-order valence-electron chi connectivity index (χ0n) is 11.6. The summed E-state index contributed by atoms with van der Waals surface area (Å²) >= 11 is 0. The fourth-order valence-electron chi connectivity index (χ4n) is 2.19. The van der Waals surface area contributed by atoms with Crippen LogP contribution in [0.5, 0.6) is 0 Å². The van der Waals surface area contributed by atoms with Gasteiger partial charge >= 0.3 is 5.97 Å². The Kier molecular flexibility index (Phi) is 3.99. The summed E-state index contributed by atoms with van der Waals surface area (Å²) in [6, 6.07) is 0. The molecule has 1 aliphatic heterocycles. The number of carbonyl (C=O) groups is 1. The SMILES string of the molecule is CNC1(C)CCN(c2cncc(C(=O)OC)n2)CC1. The highest BCUT2D eigenvalue weighted by molar-refractivity contribution is 5.87. The first kappa shape index (κ1) is 13.7. The molecule has 104 valence electrons. The van der Waals surface area contributed by atoms with Crippen LogP contribution in [0.4, 0.5) is 5.82 Å². The lowest BCUT2D eigenvalue weighted by atomic mass is 9.90. The van der Waals surface area contributed by atoms with Gasteiger partial charge in [0, 0.05) is 18.6 Å². The number of hydrogen-bond acceptors (Lipinski definition) is 6. The van der Waals surface area contributed by atoms with Crippen LogP contribution in [0.2, 0.25) is 0 Å². The van der Waals surface area contributed by atoms with Crippen molar-refractivity contribution in [3.05, 3.63) is 18.1 Å². The number of aromatic nitrogens is 2. The first-order valence-electron chi connectivity index (χ1n) is 6.42. The minimum absolute atomic E-state index is 0.184. The highest BCUT2D eigenvalue weighted by Gasteiger charge is 2.29. The molecule has 1 N–H and O–H groups in total. The molecule has 0 unspecified atom stereocenters. The standard InChI is InChI=1S/C13H20N4O2/c1-13(14-2)4-6-17(7-5-13)11-9-15-8-10(16-11)12(18)19-3/h8-9,14H,4-7H2,1-3H3. The third kappa shape index (κ3) is 3.01. The third-order valence-electron chi connectivity index (χ3n) is 3.81. The normalized spacial score (nSPS) is 18.2. The number of rotatable bonds is 3. The summed E-state index contributed by atoms with van der Waals surface area (Å²) in [5.41, 5.74) is 0.436. The van der Waals surface area contributed by atoms with Gasteiger partial charge in [-0.3, -0.25) is 4.98 Å². The fourth-order valence-corrected chi connectivity index (χ4v) is 2.19. The Balaban J connectivity index is 2.09. The first-order valence-corrected chi connectivity index (χ1v) is 6.42. The molecule has 1 fully saturated rings. The lowest BCUT2D eigenvalue weighted by Gasteiger charge is -2.39. The van der Waals surface area contributed by atoms with E-state index in [2.05, 4.69) is 31.8 Å². The van der Waals surface area contributed by atoms with Crippen LogP contribution in [-0.4, -0.2) is 48.7 Å². The molecule has 0 bridgehead atoms. The van der Waals surface area contributed by atoms with E-state index in [-0.39, 0.29) is 11.2 Å². The Bertz CT molecular complexity index is 456. The number of esters is 1. The molecule has 6 heteroatoms. The number of piperidine rings is 1. The Morgan fingerprint density at radius 3 is 2.68 bits per heavy atom. The lowest BCUT2D eigenvalue weighted by Crippen LogP contribution is -2.50. The molecule has 0 spiro atoms. The maximum Gasteiger partial charge on any atom is 0.358 e. The first-order chi connectivity index (χ1) is 9.08. The summed E-state index contributed by atoms with van der Waals surface area (Å²) in [7, 11) is 3.34. The van der Waals surface area contributed by atoms with Crippen LogP contribution < -0.4 is 10.2 Å². The lowest BCUT2D eigenvalue weighted by molar-refractivity contribution is 0.0593. The highest BCUT2D eigenvalue weighted by atomic mass is 16.5. The van der Waals surface area contributed by atoms with Crippen LogP contribution in [0.25, 0.3) is 0 Å².